The highest BCUT2D eigenvalue weighted by Crippen LogP contribution is 2.27. The van der Waals surface area contributed by atoms with Crippen molar-refractivity contribution in [2.45, 2.75) is 6.04 Å². The fourth-order valence-corrected chi connectivity index (χ4v) is 2.60. The van der Waals surface area contributed by atoms with Crippen molar-refractivity contribution in [3.8, 4) is 0 Å². The maximum Gasteiger partial charge on any atom is 0.298 e. The summed E-state index contributed by atoms with van der Waals surface area (Å²) >= 11 is 0. The minimum Gasteiger partial charge on any atom is -0.423 e. The molecule has 0 bridgehead atoms. The van der Waals surface area contributed by atoms with E-state index in [0.29, 0.717) is 23.7 Å². The summed E-state index contributed by atoms with van der Waals surface area (Å²) in [7, 11) is 2.05. The number of anilines is 1. The molecular weight excluding hydrogens is 274 g/mol. The molecule has 8 heteroatoms. The number of aromatic nitrogens is 1. The first-order chi connectivity index (χ1) is 10.1. The van der Waals surface area contributed by atoms with Crippen LogP contribution in [0, 0.1) is 10.1 Å². The summed E-state index contributed by atoms with van der Waals surface area (Å²) in [6.07, 6.45) is 0. The number of nitro groups is 1. The summed E-state index contributed by atoms with van der Waals surface area (Å²) in [6, 6.07) is 5.05. The van der Waals surface area contributed by atoms with Gasteiger partial charge in [-0.1, -0.05) is 0 Å². The Morgan fingerprint density at radius 3 is 3.05 bits per heavy atom. The number of rotatable bonds is 3. The van der Waals surface area contributed by atoms with Gasteiger partial charge in [0.25, 0.3) is 11.7 Å². The molecule has 112 valence electrons. The van der Waals surface area contributed by atoms with Crippen LogP contribution in [0.4, 0.5) is 11.7 Å². The van der Waals surface area contributed by atoms with Crippen LogP contribution in [0.1, 0.15) is 0 Å². The molecule has 1 aromatic carbocycles. The maximum absolute atomic E-state index is 10.8. The van der Waals surface area contributed by atoms with Crippen LogP contribution in [0.5, 0.6) is 0 Å². The van der Waals surface area contributed by atoms with Gasteiger partial charge in [-0.15, -0.1) is 0 Å². The third-order valence-electron chi connectivity index (χ3n) is 3.78. The summed E-state index contributed by atoms with van der Waals surface area (Å²) in [5, 5.41) is 10.8. The third-order valence-corrected chi connectivity index (χ3v) is 3.78. The van der Waals surface area contributed by atoms with Crippen LogP contribution in [0.2, 0.25) is 0 Å². The van der Waals surface area contributed by atoms with Gasteiger partial charge in [0.15, 0.2) is 5.58 Å². The predicted octanol–water partition coefficient (Wildman–Crippen LogP) is 0.815. The van der Waals surface area contributed by atoms with Crippen molar-refractivity contribution in [2.75, 3.05) is 38.1 Å². The molecule has 2 aromatic rings. The van der Waals surface area contributed by atoms with E-state index in [2.05, 4.69) is 16.9 Å². The van der Waals surface area contributed by atoms with Gasteiger partial charge in [0.05, 0.1) is 17.0 Å². The maximum atomic E-state index is 10.8. The fourth-order valence-electron chi connectivity index (χ4n) is 2.60. The molecule has 1 fully saturated rings. The standard InChI is InChI=1S/C13H17N5O3/c1-16-4-5-17(10(7-14)8-16)13-15-11-3-2-9(18(19)20)6-12(11)21-13/h2-3,6,10H,4-5,7-8,14H2,1H3. The highest BCUT2D eigenvalue weighted by molar-refractivity contribution is 5.77. The number of nitro benzene ring substituents is 1. The average Bonchev–Trinajstić information content (AvgIpc) is 2.89. The number of nitrogens with zero attached hydrogens (tertiary/aromatic N) is 4. The van der Waals surface area contributed by atoms with Crippen molar-refractivity contribution in [1.82, 2.24) is 9.88 Å². The highest BCUT2D eigenvalue weighted by atomic mass is 16.6. The van der Waals surface area contributed by atoms with E-state index in [0.717, 1.165) is 19.6 Å². The number of likely N-dealkylation sites (N-methyl/N-ethyl adjacent to an activating group) is 1. The number of piperazine rings is 1. The van der Waals surface area contributed by atoms with E-state index in [4.69, 9.17) is 10.2 Å². The predicted molar refractivity (Wildman–Crippen MR) is 78.3 cm³/mol. The van der Waals surface area contributed by atoms with Crippen molar-refractivity contribution < 1.29 is 9.34 Å². The van der Waals surface area contributed by atoms with Crippen LogP contribution in [0.15, 0.2) is 22.6 Å². The Bertz CT molecular complexity index is 671. The van der Waals surface area contributed by atoms with Gasteiger partial charge in [-0.3, -0.25) is 10.1 Å². The lowest BCUT2D eigenvalue weighted by Gasteiger charge is -2.38. The molecule has 3 rings (SSSR count). The second-order valence-corrected chi connectivity index (χ2v) is 5.25. The van der Waals surface area contributed by atoms with Gasteiger partial charge in [-0.25, -0.2) is 0 Å². The molecule has 1 aliphatic rings. The van der Waals surface area contributed by atoms with Gasteiger partial charge in [0.1, 0.15) is 5.52 Å². The molecule has 0 amide bonds. The van der Waals surface area contributed by atoms with Gasteiger partial charge in [0, 0.05) is 32.2 Å². The van der Waals surface area contributed by atoms with E-state index >= 15 is 0 Å². The summed E-state index contributed by atoms with van der Waals surface area (Å²) in [4.78, 5) is 19.0. The minimum absolute atomic E-state index is 0.000970. The van der Waals surface area contributed by atoms with Gasteiger partial charge in [-0.05, 0) is 13.1 Å². The Kier molecular flexibility index (Phi) is 3.48. The number of benzene rings is 1. The fraction of sp³-hybridized carbons (Fsp3) is 0.462. The number of oxazole rings is 1. The van der Waals surface area contributed by atoms with Crippen LogP contribution in [-0.4, -0.2) is 54.1 Å². The van der Waals surface area contributed by atoms with E-state index in [-0.39, 0.29) is 11.7 Å². The zero-order chi connectivity index (χ0) is 15.0. The Hall–Kier alpha value is -2.19. The summed E-state index contributed by atoms with van der Waals surface area (Å²) < 4.78 is 5.70. The number of nitrogens with two attached hydrogens (primary N) is 1. The Balaban J connectivity index is 1.94. The Morgan fingerprint density at radius 1 is 1.52 bits per heavy atom. The molecule has 1 aliphatic heterocycles. The Morgan fingerprint density at radius 2 is 2.33 bits per heavy atom. The molecule has 0 saturated carbocycles. The van der Waals surface area contributed by atoms with Crippen molar-refractivity contribution in [1.29, 1.82) is 0 Å². The van der Waals surface area contributed by atoms with Crippen LogP contribution >= 0.6 is 0 Å². The molecule has 0 radical (unpaired) electrons. The van der Waals surface area contributed by atoms with Crippen molar-refractivity contribution in [3.05, 3.63) is 28.3 Å². The van der Waals surface area contributed by atoms with Gasteiger partial charge < -0.3 is 20.0 Å². The van der Waals surface area contributed by atoms with Crippen molar-refractivity contribution >= 4 is 22.8 Å². The molecule has 0 aliphatic carbocycles. The first-order valence-corrected chi connectivity index (χ1v) is 6.78. The molecular formula is C13H17N5O3. The zero-order valence-electron chi connectivity index (χ0n) is 11.7. The minimum atomic E-state index is -0.444. The normalized spacial score (nSPS) is 20.1. The molecule has 0 spiro atoms. The number of hydrogen-bond donors (Lipinski definition) is 1. The topological polar surface area (TPSA) is 102 Å². The molecule has 2 N–H and O–H groups in total. The lowest BCUT2D eigenvalue weighted by atomic mass is 10.2. The van der Waals surface area contributed by atoms with Crippen molar-refractivity contribution in [2.24, 2.45) is 5.73 Å². The van der Waals surface area contributed by atoms with Gasteiger partial charge in [0.2, 0.25) is 0 Å². The number of non-ortho nitro benzene ring substituents is 1. The van der Waals surface area contributed by atoms with Crippen LogP contribution < -0.4 is 10.6 Å². The summed E-state index contributed by atoms with van der Waals surface area (Å²) in [5.74, 6) is 0. The number of hydrogen-bond acceptors (Lipinski definition) is 7. The van der Waals surface area contributed by atoms with E-state index in [1.54, 1.807) is 6.07 Å². The average molecular weight is 291 g/mol. The largest absolute Gasteiger partial charge is 0.423 e. The van der Waals surface area contributed by atoms with Gasteiger partial charge >= 0.3 is 0 Å². The van der Waals surface area contributed by atoms with E-state index in [1.165, 1.54) is 12.1 Å². The summed E-state index contributed by atoms with van der Waals surface area (Å²) in [5.41, 5.74) is 6.86. The second-order valence-electron chi connectivity index (χ2n) is 5.25. The molecule has 1 saturated heterocycles. The van der Waals surface area contributed by atoms with Crippen molar-refractivity contribution in [3.63, 3.8) is 0 Å². The van der Waals surface area contributed by atoms with E-state index in [9.17, 15) is 10.1 Å². The number of fused-ring (bicyclic) bond motifs is 1. The molecule has 2 heterocycles. The molecule has 1 unspecified atom stereocenters. The monoisotopic (exact) mass is 291 g/mol. The molecule has 8 nitrogen and oxygen atoms in total. The van der Waals surface area contributed by atoms with E-state index in [1.807, 2.05) is 4.90 Å². The second kappa shape index (κ2) is 5.30. The molecule has 1 aromatic heterocycles. The smallest absolute Gasteiger partial charge is 0.298 e. The zero-order valence-corrected chi connectivity index (χ0v) is 11.7. The van der Waals surface area contributed by atoms with E-state index < -0.39 is 4.92 Å². The Labute approximate surface area is 121 Å². The molecule has 21 heavy (non-hydrogen) atoms. The summed E-state index contributed by atoms with van der Waals surface area (Å²) in [6.45, 7) is 3.02. The molecule has 1 atom stereocenters. The van der Waals surface area contributed by atoms with Crippen LogP contribution in [0.3, 0.4) is 0 Å². The first-order valence-electron chi connectivity index (χ1n) is 6.78. The lowest BCUT2D eigenvalue weighted by Crippen LogP contribution is -2.55. The van der Waals surface area contributed by atoms with Crippen LogP contribution in [0.25, 0.3) is 11.1 Å². The third kappa shape index (κ3) is 2.55. The quantitative estimate of drug-likeness (QED) is 0.659. The highest BCUT2D eigenvalue weighted by Gasteiger charge is 2.28. The van der Waals surface area contributed by atoms with Gasteiger partial charge in [-0.2, -0.15) is 4.98 Å². The first kappa shape index (κ1) is 13.8. The van der Waals surface area contributed by atoms with Crippen LogP contribution in [-0.2, 0) is 0 Å². The SMILES string of the molecule is CN1CCN(c2nc3ccc([N+](=O)[O-])cc3o2)C(CN)C1. The lowest BCUT2D eigenvalue weighted by molar-refractivity contribution is -0.384.